The molecule has 0 aliphatic heterocycles. The van der Waals surface area contributed by atoms with E-state index < -0.39 is 0 Å². The smallest absolute Gasteiger partial charge is 1.00 e. The summed E-state index contributed by atoms with van der Waals surface area (Å²) >= 11 is 0. The summed E-state index contributed by atoms with van der Waals surface area (Å²) < 4.78 is 1.63. The molecule has 2 heterocycles. The molecule has 0 spiro atoms. The molecule has 0 aliphatic carbocycles. The number of hydrogen-bond acceptors (Lipinski definition) is 2. The number of aryl methyl sites for hydroxylation is 1. The minimum Gasteiger partial charge on any atom is -1.00 e. The van der Waals surface area contributed by atoms with Crippen LogP contribution in [0, 0.1) is 13.1 Å². The molecule has 14 heavy (non-hydrogen) atoms. The van der Waals surface area contributed by atoms with Crippen molar-refractivity contribution in [2.24, 2.45) is 0 Å². The number of pyridine rings is 1. The van der Waals surface area contributed by atoms with Crippen LogP contribution >= 0.6 is 0 Å². The Balaban J connectivity index is 0.000000845. The number of aromatic nitrogens is 3. The molecular formula is C9H8BrMgN3. The molecule has 0 radical (unpaired) electrons. The molecule has 0 saturated heterocycles. The zero-order chi connectivity index (χ0) is 8.39. The number of hydrogen-bond donors (Lipinski definition) is 0. The van der Waals surface area contributed by atoms with E-state index in [-0.39, 0.29) is 40.0 Å². The van der Waals surface area contributed by atoms with Gasteiger partial charge >= 0.3 is 23.1 Å². The quantitative estimate of drug-likeness (QED) is 0.440. The second-order valence-corrected chi connectivity index (χ2v) is 2.51. The average Bonchev–Trinajstić information content (AvgIpc) is 2.54. The molecule has 2 aromatic heterocycles. The van der Waals surface area contributed by atoms with E-state index in [9.17, 15) is 0 Å². The first-order valence-corrected chi connectivity index (χ1v) is 3.72. The van der Waals surface area contributed by atoms with Crippen molar-refractivity contribution in [2.75, 3.05) is 0 Å². The molecule has 68 valence electrons. The third-order valence-electron chi connectivity index (χ3n) is 1.52. The summed E-state index contributed by atoms with van der Waals surface area (Å²) in [7, 11) is 0. The summed E-state index contributed by atoms with van der Waals surface area (Å²) in [6.45, 7) is 1.93. The average molecular weight is 262 g/mol. The molecule has 0 bridgehead atoms. The second-order valence-electron chi connectivity index (χ2n) is 2.51. The third kappa shape index (κ3) is 3.07. The van der Waals surface area contributed by atoms with Gasteiger partial charge < -0.3 is 26.6 Å². The van der Waals surface area contributed by atoms with Crippen molar-refractivity contribution >= 4 is 23.1 Å². The summed E-state index contributed by atoms with van der Waals surface area (Å²) in [5, 5.41) is 4.18. The fourth-order valence-corrected chi connectivity index (χ4v) is 0.966. The van der Waals surface area contributed by atoms with Crippen LogP contribution in [0.15, 0.2) is 30.5 Å². The van der Waals surface area contributed by atoms with Crippen molar-refractivity contribution in [1.82, 2.24) is 14.8 Å². The number of halogens is 1. The Morgan fingerprint density at radius 3 is 2.64 bits per heavy atom. The molecular weight excluding hydrogens is 254 g/mol. The normalized spacial score (nSPS) is 8.64. The molecule has 2 aromatic rings. The summed E-state index contributed by atoms with van der Waals surface area (Å²) in [5.41, 5.74) is 0.945. The van der Waals surface area contributed by atoms with Gasteiger partial charge in [-0.1, -0.05) is 25.3 Å². The summed E-state index contributed by atoms with van der Waals surface area (Å²) in [4.78, 5) is 4.13. The predicted octanol–water partition coefficient (Wildman–Crippen LogP) is -2.00. The monoisotopic (exact) mass is 261 g/mol. The van der Waals surface area contributed by atoms with Crippen LogP contribution < -0.4 is 17.0 Å². The zero-order valence-electron chi connectivity index (χ0n) is 7.81. The first-order chi connectivity index (χ1) is 5.86. The standard InChI is InChI=1S/C9H8N3.BrH.Mg/c1-8-5-7-12(11-8)9-4-2-3-6-10-9;;/h2-6H,1H3;1H;/q-1;;+2/p-1. The van der Waals surface area contributed by atoms with E-state index in [0.29, 0.717) is 0 Å². The molecule has 0 unspecified atom stereocenters. The van der Waals surface area contributed by atoms with E-state index >= 15 is 0 Å². The van der Waals surface area contributed by atoms with Crippen molar-refractivity contribution in [3.8, 4) is 5.82 Å². The molecule has 5 heteroatoms. The van der Waals surface area contributed by atoms with E-state index in [4.69, 9.17) is 0 Å². The van der Waals surface area contributed by atoms with Gasteiger partial charge in [-0.15, -0.1) is 6.07 Å². The van der Waals surface area contributed by atoms with Crippen LogP contribution in [-0.4, -0.2) is 37.8 Å². The van der Waals surface area contributed by atoms with Gasteiger partial charge in [0.05, 0.1) is 5.82 Å². The summed E-state index contributed by atoms with van der Waals surface area (Å²) in [6, 6.07) is 7.52. The first-order valence-electron chi connectivity index (χ1n) is 3.72. The molecule has 0 aromatic carbocycles. The predicted molar refractivity (Wildman–Crippen MR) is 50.7 cm³/mol. The summed E-state index contributed by atoms with van der Waals surface area (Å²) in [5.74, 6) is 0.797. The fraction of sp³-hybridized carbons (Fsp3) is 0.111. The van der Waals surface area contributed by atoms with Crippen molar-refractivity contribution in [3.05, 3.63) is 42.4 Å². The fourth-order valence-electron chi connectivity index (χ4n) is 0.966. The Morgan fingerprint density at radius 1 is 1.36 bits per heavy atom. The van der Waals surface area contributed by atoms with Crippen LogP contribution in [0.5, 0.6) is 0 Å². The topological polar surface area (TPSA) is 30.7 Å². The van der Waals surface area contributed by atoms with Gasteiger partial charge in [0.15, 0.2) is 0 Å². The Hall–Kier alpha value is -0.394. The SMILES string of the molecule is Cc1c[c-]n(-c2ccccn2)n1.[Br-].[Mg+2]. The van der Waals surface area contributed by atoms with Crippen LogP contribution in [0.25, 0.3) is 5.82 Å². The van der Waals surface area contributed by atoms with Crippen LogP contribution in [0.4, 0.5) is 0 Å². The van der Waals surface area contributed by atoms with Gasteiger partial charge in [0, 0.05) is 6.20 Å². The maximum atomic E-state index is 4.18. The Bertz CT molecular complexity index is 375. The molecule has 2 rings (SSSR count). The Morgan fingerprint density at radius 2 is 2.14 bits per heavy atom. The number of nitrogens with zero attached hydrogens (tertiary/aromatic N) is 3. The van der Waals surface area contributed by atoms with Crippen molar-refractivity contribution < 1.29 is 17.0 Å². The van der Waals surface area contributed by atoms with Crippen LogP contribution in [0.1, 0.15) is 5.69 Å². The van der Waals surface area contributed by atoms with Gasteiger partial charge in [0.2, 0.25) is 0 Å². The minimum absolute atomic E-state index is 0. The van der Waals surface area contributed by atoms with E-state index in [1.807, 2.05) is 31.2 Å². The molecule has 0 aliphatic rings. The molecule has 0 atom stereocenters. The van der Waals surface area contributed by atoms with Gasteiger partial charge in [-0.2, -0.15) is 0 Å². The Kier molecular flexibility index (Phi) is 5.98. The number of rotatable bonds is 1. The van der Waals surface area contributed by atoms with Gasteiger partial charge in [-0.05, 0) is 11.8 Å². The second kappa shape index (κ2) is 6.16. The van der Waals surface area contributed by atoms with Gasteiger partial charge in [-0.25, -0.2) is 0 Å². The third-order valence-corrected chi connectivity index (χ3v) is 1.52. The van der Waals surface area contributed by atoms with Crippen LogP contribution in [0.2, 0.25) is 0 Å². The molecule has 0 amide bonds. The van der Waals surface area contributed by atoms with Gasteiger partial charge in [-0.3, -0.25) is 5.10 Å². The van der Waals surface area contributed by atoms with E-state index in [0.717, 1.165) is 11.5 Å². The van der Waals surface area contributed by atoms with Crippen LogP contribution in [-0.2, 0) is 0 Å². The van der Waals surface area contributed by atoms with E-state index in [1.54, 1.807) is 10.9 Å². The Labute approximate surface area is 109 Å². The van der Waals surface area contributed by atoms with Gasteiger partial charge in [0.1, 0.15) is 0 Å². The molecule has 0 saturated carbocycles. The molecule has 0 fully saturated rings. The van der Waals surface area contributed by atoms with Crippen LogP contribution in [0.3, 0.4) is 0 Å². The summed E-state index contributed by atoms with van der Waals surface area (Å²) in [6.07, 6.45) is 4.70. The maximum absolute atomic E-state index is 4.18. The zero-order valence-corrected chi connectivity index (χ0v) is 10.8. The maximum Gasteiger partial charge on any atom is 2.00 e. The van der Waals surface area contributed by atoms with E-state index in [2.05, 4.69) is 16.3 Å². The first kappa shape index (κ1) is 13.6. The van der Waals surface area contributed by atoms with Crippen molar-refractivity contribution in [2.45, 2.75) is 6.92 Å². The van der Waals surface area contributed by atoms with Gasteiger partial charge in [0.25, 0.3) is 0 Å². The van der Waals surface area contributed by atoms with Crippen molar-refractivity contribution in [3.63, 3.8) is 0 Å². The molecule has 3 nitrogen and oxygen atoms in total. The van der Waals surface area contributed by atoms with E-state index in [1.165, 1.54) is 0 Å². The molecule has 0 N–H and O–H groups in total. The largest absolute Gasteiger partial charge is 2.00 e. The minimum atomic E-state index is 0. The van der Waals surface area contributed by atoms with Crippen molar-refractivity contribution in [1.29, 1.82) is 0 Å².